The van der Waals surface area contributed by atoms with E-state index in [-0.39, 0.29) is 0 Å². The number of hydrogen-bond acceptors (Lipinski definition) is 4. The number of nitrogens with zero attached hydrogens (tertiary/aromatic N) is 1. The van der Waals surface area contributed by atoms with E-state index >= 15 is 0 Å². The summed E-state index contributed by atoms with van der Waals surface area (Å²) >= 11 is 0. The van der Waals surface area contributed by atoms with Crippen LogP contribution in [0.1, 0.15) is 26.3 Å². The fourth-order valence-electron chi connectivity index (χ4n) is 1.69. The number of nitrogens with one attached hydrogen (secondary N) is 2. The van der Waals surface area contributed by atoms with Crippen LogP contribution in [-0.4, -0.2) is 31.2 Å². The maximum atomic E-state index is 5.22. The molecule has 18 heavy (non-hydrogen) atoms. The Kier molecular flexibility index (Phi) is 6.68. The van der Waals surface area contributed by atoms with Gasteiger partial charge < -0.3 is 15.4 Å². The van der Waals surface area contributed by atoms with Gasteiger partial charge in [-0.15, -0.1) is 0 Å². The second kappa shape index (κ2) is 8.06. The van der Waals surface area contributed by atoms with E-state index < -0.39 is 0 Å². The molecule has 1 unspecified atom stereocenters. The van der Waals surface area contributed by atoms with Crippen LogP contribution < -0.4 is 15.4 Å². The fourth-order valence-corrected chi connectivity index (χ4v) is 1.69. The van der Waals surface area contributed by atoms with E-state index in [0.717, 1.165) is 25.2 Å². The first-order valence-corrected chi connectivity index (χ1v) is 6.55. The molecular formula is C14H25N3O. The topological polar surface area (TPSA) is 46.2 Å². The maximum absolute atomic E-state index is 5.22. The van der Waals surface area contributed by atoms with Gasteiger partial charge in [0, 0.05) is 30.9 Å². The van der Waals surface area contributed by atoms with Crippen molar-refractivity contribution < 1.29 is 4.74 Å². The lowest BCUT2D eigenvalue weighted by Crippen LogP contribution is -2.37. The number of rotatable bonds is 8. The summed E-state index contributed by atoms with van der Waals surface area (Å²) < 4.78 is 5.22. The van der Waals surface area contributed by atoms with Gasteiger partial charge in [0.25, 0.3) is 0 Å². The molecule has 0 radical (unpaired) electrons. The predicted molar refractivity (Wildman–Crippen MR) is 74.8 cm³/mol. The highest BCUT2D eigenvalue weighted by molar-refractivity contribution is 5.25. The second-order valence-electron chi connectivity index (χ2n) is 5.01. The quantitative estimate of drug-likeness (QED) is 0.740. The Labute approximate surface area is 110 Å². The summed E-state index contributed by atoms with van der Waals surface area (Å²) in [4.78, 5) is 4.18. The molecule has 0 fully saturated rings. The number of ether oxygens (including phenoxy) is 1. The first-order valence-electron chi connectivity index (χ1n) is 6.55. The summed E-state index contributed by atoms with van der Waals surface area (Å²) in [5.74, 6) is 1.39. The van der Waals surface area contributed by atoms with Crippen molar-refractivity contribution in [2.45, 2.75) is 33.4 Å². The molecule has 0 saturated carbocycles. The zero-order chi connectivity index (χ0) is 13.4. The van der Waals surface area contributed by atoms with Gasteiger partial charge in [0.15, 0.2) is 0 Å². The highest BCUT2D eigenvalue weighted by Crippen LogP contribution is 2.12. The molecule has 1 aromatic heterocycles. The molecule has 0 spiro atoms. The summed E-state index contributed by atoms with van der Waals surface area (Å²) in [7, 11) is 1.65. The van der Waals surface area contributed by atoms with Crippen molar-refractivity contribution in [3.05, 3.63) is 23.9 Å². The minimum absolute atomic E-state index is 0.425. The Morgan fingerprint density at radius 3 is 2.72 bits per heavy atom. The van der Waals surface area contributed by atoms with E-state index in [9.17, 15) is 0 Å². The summed E-state index contributed by atoms with van der Waals surface area (Å²) in [6.07, 6.45) is 1.75. The molecule has 1 atom stereocenters. The Hall–Kier alpha value is -1.13. The van der Waals surface area contributed by atoms with Gasteiger partial charge in [-0.05, 0) is 25.5 Å². The van der Waals surface area contributed by atoms with Crippen molar-refractivity contribution in [2.24, 2.45) is 5.92 Å². The van der Waals surface area contributed by atoms with Gasteiger partial charge in [-0.3, -0.25) is 0 Å². The molecule has 0 aliphatic heterocycles. The van der Waals surface area contributed by atoms with E-state index in [1.54, 1.807) is 13.3 Å². The molecule has 1 rings (SSSR count). The van der Waals surface area contributed by atoms with Crippen LogP contribution >= 0.6 is 0 Å². The average molecular weight is 251 g/mol. The standard InChI is InChI=1S/C14H25N3O/c1-11(2)8-15-9-12(3)17-10-13-6-5-7-16-14(13)18-4/h5-7,11-12,15,17H,8-10H2,1-4H3. The summed E-state index contributed by atoms with van der Waals surface area (Å²) in [5, 5.41) is 6.90. The van der Waals surface area contributed by atoms with Crippen molar-refractivity contribution in [3.63, 3.8) is 0 Å². The van der Waals surface area contributed by atoms with Crippen LogP contribution in [0.2, 0.25) is 0 Å². The smallest absolute Gasteiger partial charge is 0.217 e. The number of methoxy groups -OCH3 is 1. The van der Waals surface area contributed by atoms with Crippen LogP contribution in [-0.2, 0) is 6.54 Å². The Balaban J connectivity index is 2.31. The zero-order valence-electron chi connectivity index (χ0n) is 11.9. The predicted octanol–water partition coefficient (Wildman–Crippen LogP) is 1.81. The van der Waals surface area contributed by atoms with E-state index in [1.807, 2.05) is 12.1 Å². The van der Waals surface area contributed by atoms with Gasteiger partial charge in [-0.25, -0.2) is 4.98 Å². The van der Waals surface area contributed by atoms with E-state index in [2.05, 4.69) is 36.4 Å². The van der Waals surface area contributed by atoms with E-state index in [1.165, 1.54) is 0 Å². The summed E-state index contributed by atoms with van der Waals surface area (Å²) in [6, 6.07) is 4.39. The van der Waals surface area contributed by atoms with Gasteiger partial charge in [0.05, 0.1) is 7.11 Å². The molecule has 4 heteroatoms. The summed E-state index contributed by atoms with van der Waals surface area (Å²) in [5.41, 5.74) is 1.09. The molecule has 0 bridgehead atoms. The molecule has 0 aromatic carbocycles. The van der Waals surface area contributed by atoms with Crippen LogP contribution in [0.3, 0.4) is 0 Å². The molecule has 1 heterocycles. The number of aromatic nitrogens is 1. The maximum Gasteiger partial charge on any atom is 0.217 e. The molecule has 102 valence electrons. The van der Waals surface area contributed by atoms with Gasteiger partial charge in [0.2, 0.25) is 5.88 Å². The first-order chi connectivity index (χ1) is 8.63. The van der Waals surface area contributed by atoms with Crippen LogP contribution in [0.25, 0.3) is 0 Å². The van der Waals surface area contributed by atoms with Gasteiger partial charge in [0.1, 0.15) is 0 Å². The molecule has 0 aliphatic rings. The SMILES string of the molecule is COc1ncccc1CNC(C)CNCC(C)C. The molecule has 0 saturated heterocycles. The van der Waals surface area contributed by atoms with Gasteiger partial charge >= 0.3 is 0 Å². The molecular weight excluding hydrogens is 226 g/mol. The lowest BCUT2D eigenvalue weighted by Gasteiger charge is -2.16. The first kappa shape index (κ1) is 14.9. The van der Waals surface area contributed by atoms with Crippen molar-refractivity contribution in [3.8, 4) is 5.88 Å². The van der Waals surface area contributed by atoms with Crippen LogP contribution in [0, 0.1) is 5.92 Å². The fraction of sp³-hybridized carbons (Fsp3) is 0.643. The number of pyridine rings is 1. The molecule has 0 amide bonds. The monoisotopic (exact) mass is 251 g/mol. The average Bonchev–Trinajstić information content (AvgIpc) is 2.36. The van der Waals surface area contributed by atoms with Gasteiger partial charge in [-0.2, -0.15) is 0 Å². The second-order valence-corrected chi connectivity index (χ2v) is 5.01. The largest absolute Gasteiger partial charge is 0.481 e. The third-order valence-electron chi connectivity index (χ3n) is 2.69. The minimum atomic E-state index is 0.425. The molecule has 4 nitrogen and oxygen atoms in total. The Morgan fingerprint density at radius 1 is 1.28 bits per heavy atom. The van der Waals surface area contributed by atoms with Crippen molar-refractivity contribution in [1.29, 1.82) is 0 Å². The third kappa shape index (κ3) is 5.47. The molecule has 0 aliphatic carbocycles. The third-order valence-corrected chi connectivity index (χ3v) is 2.69. The van der Waals surface area contributed by atoms with Crippen LogP contribution in [0.5, 0.6) is 5.88 Å². The van der Waals surface area contributed by atoms with Crippen LogP contribution in [0.15, 0.2) is 18.3 Å². The van der Waals surface area contributed by atoms with Crippen molar-refractivity contribution in [1.82, 2.24) is 15.6 Å². The van der Waals surface area contributed by atoms with Crippen molar-refractivity contribution >= 4 is 0 Å². The normalized spacial score (nSPS) is 12.7. The minimum Gasteiger partial charge on any atom is -0.481 e. The molecule has 1 aromatic rings. The zero-order valence-corrected chi connectivity index (χ0v) is 11.9. The molecule has 2 N–H and O–H groups in total. The van der Waals surface area contributed by atoms with Crippen molar-refractivity contribution in [2.75, 3.05) is 20.2 Å². The highest BCUT2D eigenvalue weighted by Gasteiger charge is 2.06. The Bertz CT molecular complexity index is 342. The lowest BCUT2D eigenvalue weighted by molar-refractivity contribution is 0.387. The lowest BCUT2D eigenvalue weighted by atomic mass is 10.2. The van der Waals surface area contributed by atoms with Gasteiger partial charge in [-0.1, -0.05) is 19.9 Å². The van der Waals surface area contributed by atoms with E-state index in [4.69, 9.17) is 4.74 Å². The number of hydrogen-bond donors (Lipinski definition) is 2. The van der Waals surface area contributed by atoms with E-state index in [0.29, 0.717) is 17.8 Å². The Morgan fingerprint density at radius 2 is 2.06 bits per heavy atom. The van der Waals surface area contributed by atoms with Crippen LogP contribution in [0.4, 0.5) is 0 Å². The summed E-state index contributed by atoms with van der Waals surface area (Å²) in [6.45, 7) is 9.41. The highest BCUT2D eigenvalue weighted by atomic mass is 16.5.